The fourth-order valence-electron chi connectivity index (χ4n) is 2.84. The van der Waals surface area contributed by atoms with Crippen molar-refractivity contribution in [1.29, 1.82) is 0 Å². The maximum atomic E-state index is 12.6. The molecule has 2 aromatic heterocycles. The number of aryl methyl sites for hydroxylation is 1. The van der Waals surface area contributed by atoms with E-state index in [1.54, 1.807) is 7.11 Å². The Kier molecular flexibility index (Phi) is 4.55. The number of amides is 1. The van der Waals surface area contributed by atoms with E-state index in [9.17, 15) is 4.79 Å². The molecule has 0 saturated carbocycles. The normalized spacial score (nSPS) is 10.9. The second-order valence-corrected chi connectivity index (χ2v) is 7.13. The average Bonchev–Trinajstić information content (AvgIpc) is 3.28. The van der Waals surface area contributed by atoms with E-state index in [0.29, 0.717) is 17.2 Å². The first kappa shape index (κ1) is 17.2. The fourth-order valence-corrected chi connectivity index (χ4v) is 3.60. The van der Waals surface area contributed by atoms with Gasteiger partial charge in [-0.05, 0) is 25.1 Å². The number of carbonyl (C=O) groups excluding carboxylic acids is 1. The first-order chi connectivity index (χ1) is 13.1. The van der Waals surface area contributed by atoms with Crippen molar-refractivity contribution in [1.82, 2.24) is 20.4 Å². The van der Waals surface area contributed by atoms with Crippen LogP contribution in [-0.2, 0) is 6.42 Å². The molecule has 0 aliphatic carbocycles. The number of aromatic amines is 1. The van der Waals surface area contributed by atoms with Gasteiger partial charge in [0.25, 0.3) is 5.91 Å². The van der Waals surface area contributed by atoms with Crippen molar-refractivity contribution in [3.63, 3.8) is 0 Å². The first-order valence-electron chi connectivity index (χ1n) is 8.34. The summed E-state index contributed by atoms with van der Waals surface area (Å²) in [6, 6.07) is 13.6. The van der Waals surface area contributed by atoms with Gasteiger partial charge in [0, 0.05) is 17.4 Å². The first-order valence-corrected chi connectivity index (χ1v) is 9.16. The van der Waals surface area contributed by atoms with Crippen molar-refractivity contribution < 1.29 is 9.53 Å². The molecular formula is C19H17N5O2S. The van der Waals surface area contributed by atoms with E-state index in [4.69, 9.17) is 4.74 Å². The van der Waals surface area contributed by atoms with Crippen LogP contribution in [0.3, 0.4) is 0 Å². The topological polar surface area (TPSA) is 92.8 Å². The standard InChI is InChI=1S/C19H17N5O2S/c1-11-7-8-14-13(9-11)17(23-21-14)18(25)20-19-24-22-16(27-19)10-12-5-3-4-6-15(12)26-2/h3-9H,10H2,1-2H3,(H,21,23)(H,20,24,25). The van der Waals surface area contributed by atoms with Crippen molar-refractivity contribution >= 4 is 33.3 Å². The Morgan fingerprint density at radius 2 is 2.07 bits per heavy atom. The third-order valence-electron chi connectivity index (χ3n) is 4.15. The van der Waals surface area contributed by atoms with Crippen LogP contribution < -0.4 is 10.1 Å². The zero-order valence-corrected chi connectivity index (χ0v) is 15.6. The molecule has 0 aliphatic heterocycles. The molecule has 0 radical (unpaired) electrons. The number of hydrogen-bond acceptors (Lipinski definition) is 6. The number of fused-ring (bicyclic) bond motifs is 1. The molecular weight excluding hydrogens is 362 g/mol. The molecule has 2 N–H and O–H groups in total. The molecule has 0 fully saturated rings. The molecule has 0 unspecified atom stereocenters. The van der Waals surface area contributed by atoms with E-state index in [1.807, 2.05) is 49.4 Å². The molecule has 0 bridgehead atoms. The minimum absolute atomic E-state index is 0.313. The summed E-state index contributed by atoms with van der Waals surface area (Å²) in [6.45, 7) is 1.98. The van der Waals surface area contributed by atoms with Crippen molar-refractivity contribution in [2.75, 3.05) is 12.4 Å². The van der Waals surface area contributed by atoms with Gasteiger partial charge in [0.15, 0.2) is 5.69 Å². The Hall–Kier alpha value is -3.26. The lowest BCUT2D eigenvalue weighted by molar-refractivity contribution is 0.102. The second-order valence-electron chi connectivity index (χ2n) is 6.06. The third-order valence-corrected chi connectivity index (χ3v) is 4.99. The summed E-state index contributed by atoms with van der Waals surface area (Å²) in [6.07, 6.45) is 0.585. The summed E-state index contributed by atoms with van der Waals surface area (Å²) in [7, 11) is 1.64. The number of anilines is 1. The van der Waals surface area contributed by atoms with Crippen LogP contribution in [0.5, 0.6) is 5.75 Å². The summed E-state index contributed by atoms with van der Waals surface area (Å²) < 4.78 is 5.36. The predicted molar refractivity (Wildman–Crippen MR) is 104 cm³/mol. The molecule has 1 amide bonds. The maximum absolute atomic E-state index is 12.6. The molecule has 2 aromatic carbocycles. The molecule has 2 heterocycles. The van der Waals surface area contributed by atoms with Crippen LogP contribution in [0.4, 0.5) is 5.13 Å². The monoisotopic (exact) mass is 379 g/mol. The molecule has 27 heavy (non-hydrogen) atoms. The largest absolute Gasteiger partial charge is 0.496 e. The van der Waals surface area contributed by atoms with E-state index in [1.165, 1.54) is 11.3 Å². The lowest BCUT2D eigenvalue weighted by atomic mass is 10.1. The number of hydrogen-bond donors (Lipinski definition) is 2. The Morgan fingerprint density at radius 3 is 2.93 bits per heavy atom. The minimum atomic E-state index is -0.313. The van der Waals surface area contributed by atoms with Crippen LogP contribution in [0.25, 0.3) is 10.9 Å². The molecule has 0 spiro atoms. The van der Waals surface area contributed by atoms with Crippen LogP contribution >= 0.6 is 11.3 Å². The summed E-state index contributed by atoms with van der Waals surface area (Å²) in [5.74, 6) is 0.489. The number of nitrogens with one attached hydrogen (secondary N) is 2. The summed E-state index contributed by atoms with van der Waals surface area (Å²) in [5.41, 5.74) is 3.24. The van der Waals surface area contributed by atoms with Gasteiger partial charge in [0.1, 0.15) is 10.8 Å². The van der Waals surface area contributed by atoms with Gasteiger partial charge in [-0.3, -0.25) is 15.2 Å². The molecule has 136 valence electrons. The summed E-state index contributed by atoms with van der Waals surface area (Å²) >= 11 is 1.33. The minimum Gasteiger partial charge on any atom is -0.496 e. The Balaban J connectivity index is 1.52. The quantitative estimate of drug-likeness (QED) is 0.553. The van der Waals surface area contributed by atoms with Crippen molar-refractivity contribution in [2.24, 2.45) is 0 Å². The smallest absolute Gasteiger partial charge is 0.278 e. The molecule has 0 saturated heterocycles. The van der Waals surface area contributed by atoms with Gasteiger partial charge in [-0.1, -0.05) is 41.2 Å². The van der Waals surface area contributed by atoms with E-state index < -0.39 is 0 Å². The molecule has 4 aromatic rings. The van der Waals surface area contributed by atoms with Gasteiger partial charge in [-0.2, -0.15) is 5.10 Å². The highest BCUT2D eigenvalue weighted by Gasteiger charge is 2.17. The number of methoxy groups -OCH3 is 1. The van der Waals surface area contributed by atoms with Crippen LogP contribution in [0.2, 0.25) is 0 Å². The SMILES string of the molecule is COc1ccccc1Cc1nnc(NC(=O)c2n[nH]c3ccc(C)cc23)s1. The van der Waals surface area contributed by atoms with E-state index in [2.05, 4.69) is 25.7 Å². The van der Waals surface area contributed by atoms with Crippen LogP contribution in [0.15, 0.2) is 42.5 Å². The van der Waals surface area contributed by atoms with Gasteiger partial charge < -0.3 is 4.74 Å². The van der Waals surface area contributed by atoms with Gasteiger partial charge in [0.05, 0.1) is 12.6 Å². The van der Waals surface area contributed by atoms with Gasteiger partial charge in [0.2, 0.25) is 5.13 Å². The molecule has 4 rings (SSSR count). The lowest BCUT2D eigenvalue weighted by Gasteiger charge is -2.05. The number of aromatic nitrogens is 4. The lowest BCUT2D eigenvalue weighted by Crippen LogP contribution is -2.12. The van der Waals surface area contributed by atoms with Crippen LogP contribution in [-0.4, -0.2) is 33.4 Å². The van der Waals surface area contributed by atoms with Crippen molar-refractivity contribution in [3.8, 4) is 5.75 Å². The van der Waals surface area contributed by atoms with E-state index in [-0.39, 0.29) is 5.91 Å². The zero-order chi connectivity index (χ0) is 18.8. The Labute approximate surface area is 159 Å². The van der Waals surface area contributed by atoms with Crippen molar-refractivity contribution in [3.05, 3.63) is 64.3 Å². The van der Waals surface area contributed by atoms with E-state index in [0.717, 1.165) is 32.8 Å². The number of carbonyl (C=O) groups is 1. The molecule has 0 atom stereocenters. The fraction of sp³-hybridized carbons (Fsp3) is 0.158. The number of H-pyrrole nitrogens is 1. The Morgan fingerprint density at radius 1 is 1.22 bits per heavy atom. The predicted octanol–water partition coefficient (Wildman–Crippen LogP) is 3.57. The molecule has 7 nitrogen and oxygen atoms in total. The second kappa shape index (κ2) is 7.16. The van der Waals surface area contributed by atoms with Gasteiger partial charge >= 0.3 is 0 Å². The summed E-state index contributed by atoms with van der Waals surface area (Å²) in [5, 5.41) is 20.0. The van der Waals surface area contributed by atoms with E-state index >= 15 is 0 Å². The number of rotatable bonds is 5. The number of para-hydroxylation sites is 1. The van der Waals surface area contributed by atoms with Crippen molar-refractivity contribution in [2.45, 2.75) is 13.3 Å². The summed E-state index contributed by atoms with van der Waals surface area (Å²) in [4.78, 5) is 12.6. The van der Waals surface area contributed by atoms with Crippen LogP contribution in [0.1, 0.15) is 26.6 Å². The van der Waals surface area contributed by atoms with Gasteiger partial charge in [-0.25, -0.2) is 0 Å². The highest BCUT2D eigenvalue weighted by atomic mass is 32.1. The molecule has 0 aliphatic rings. The maximum Gasteiger partial charge on any atom is 0.278 e. The number of benzene rings is 2. The third kappa shape index (κ3) is 3.52. The average molecular weight is 379 g/mol. The highest BCUT2D eigenvalue weighted by molar-refractivity contribution is 7.15. The molecule has 8 heteroatoms. The van der Waals surface area contributed by atoms with Crippen LogP contribution in [0, 0.1) is 6.92 Å². The Bertz CT molecular complexity index is 1120. The number of nitrogens with zero attached hydrogens (tertiary/aromatic N) is 3. The van der Waals surface area contributed by atoms with Gasteiger partial charge in [-0.15, -0.1) is 10.2 Å². The zero-order valence-electron chi connectivity index (χ0n) is 14.8. The number of ether oxygens (including phenoxy) is 1. The highest BCUT2D eigenvalue weighted by Crippen LogP contribution is 2.25.